The Kier molecular flexibility index (Phi) is 3.90. The fourth-order valence-electron chi connectivity index (χ4n) is 1.98. The molecule has 0 saturated heterocycles. The highest BCUT2D eigenvalue weighted by atomic mass is 16.5. The Balaban J connectivity index is 2.13. The number of nitrogens with two attached hydrogens (primary N) is 1. The number of hydrogen-bond acceptors (Lipinski definition) is 4. The molecule has 1 aromatic heterocycles. The average molecular weight is 257 g/mol. The molecule has 4 nitrogen and oxygen atoms in total. The van der Waals surface area contributed by atoms with Crippen molar-refractivity contribution in [3.8, 4) is 5.75 Å². The van der Waals surface area contributed by atoms with E-state index < -0.39 is 0 Å². The number of rotatable bonds is 4. The Hall–Kier alpha value is -2.23. The first kappa shape index (κ1) is 13.2. The van der Waals surface area contributed by atoms with E-state index in [1.54, 1.807) is 7.11 Å². The van der Waals surface area contributed by atoms with E-state index in [2.05, 4.69) is 4.98 Å². The topological polar surface area (TPSA) is 51.4 Å². The quantitative estimate of drug-likeness (QED) is 0.914. The van der Waals surface area contributed by atoms with Crippen molar-refractivity contribution in [1.82, 2.24) is 4.98 Å². The van der Waals surface area contributed by atoms with Gasteiger partial charge in [0.2, 0.25) is 0 Å². The van der Waals surface area contributed by atoms with Crippen LogP contribution in [0.15, 0.2) is 36.5 Å². The number of methoxy groups -OCH3 is 1. The molecule has 0 bridgehead atoms. The van der Waals surface area contributed by atoms with Crippen LogP contribution in [0.5, 0.6) is 5.75 Å². The van der Waals surface area contributed by atoms with Crippen LogP contribution in [0, 0.1) is 6.92 Å². The van der Waals surface area contributed by atoms with Gasteiger partial charge in [-0.2, -0.15) is 0 Å². The Morgan fingerprint density at radius 2 is 1.95 bits per heavy atom. The second-order valence-corrected chi connectivity index (χ2v) is 4.63. The molecule has 2 N–H and O–H groups in total. The minimum atomic E-state index is 0.705. The van der Waals surface area contributed by atoms with Crippen molar-refractivity contribution in [1.29, 1.82) is 0 Å². The van der Waals surface area contributed by atoms with E-state index >= 15 is 0 Å². The maximum atomic E-state index is 6.00. The summed E-state index contributed by atoms with van der Waals surface area (Å²) in [5.41, 5.74) is 8.96. The monoisotopic (exact) mass is 257 g/mol. The summed E-state index contributed by atoms with van der Waals surface area (Å²) in [7, 11) is 3.65. The fraction of sp³-hybridized carbons (Fsp3) is 0.267. The molecule has 2 rings (SSSR count). The molecule has 100 valence electrons. The van der Waals surface area contributed by atoms with Crippen LogP contribution in [-0.2, 0) is 6.54 Å². The van der Waals surface area contributed by atoms with Gasteiger partial charge in [-0.15, -0.1) is 0 Å². The number of anilines is 2. The minimum absolute atomic E-state index is 0.705. The van der Waals surface area contributed by atoms with Gasteiger partial charge in [-0.05, 0) is 36.2 Å². The van der Waals surface area contributed by atoms with Crippen LogP contribution < -0.4 is 15.4 Å². The molecule has 0 aliphatic heterocycles. The Labute approximate surface area is 113 Å². The highest BCUT2D eigenvalue weighted by Crippen LogP contribution is 2.22. The van der Waals surface area contributed by atoms with Crippen LogP contribution in [0.4, 0.5) is 11.5 Å². The van der Waals surface area contributed by atoms with Crippen LogP contribution in [-0.4, -0.2) is 19.1 Å². The number of nitrogen functional groups attached to an aromatic ring is 1. The van der Waals surface area contributed by atoms with Crippen LogP contribution in [0.3, 0.4) is 0 Å². The SMILES string of the molecule is COc1ccc(CN(C)c2ncc(C)cc2N)cc1. The standard InChI is InChI=1S/C15H19N3O/c1-11-8-14(16)15(17-9-11)18(2)10-12-4-6-13(19-3)7-5-12/h4-9H,10,16H2,1-3H3. The van der Waals surface area contributed by atoms with Crippen molar-refractivity contribution in [3.05, 3.63) is 47.7 Å². The summed E-state index contributed by atoms with van der Waals surface area (Å²) in [5, 5.41) is 0. The van der Waals surface area contributed by atoms with Gasteiger partial charge in [0, 0.05) is 19.8 Å². The van der Waals surface area contributed by atoms with E-state index in [9.17, 15) is 0 Å². The molecule has 0 atom stereocenters. The molecule has 0 spiro atoms. The van der Waals surface area contributed by atoms with E-state index in [4.69, 9.17) is 10.5 Å². The smallest absolute Gasteiger partial charge is 0.151 e. The normalized spacial score (nSPS) is 10.3. The third-order valence-corrected chi connectivity index (χ3v) is 2.97. The average Bonchev–Trinajstić information content (AvgIpc) is 2.39. The van der Waals surface area contributed by atoms with Crippen LogP contribution >= 0.6 is 0 Å². The van der Waals surface area contributed by atoms with Gasteiger partial charge in [0.25, 0.3) is 0 Å². The van der Waals surface area contributed by atoms with Crippen LogP contribution in [0.25, 0.3) is 0 Å². The van der Waals surface area contributed by atoms with Gasteiger partial charge in [-0.3, -0.25) is 0 Å². The van der Waals surface area contributed by atoms with E-state index in [0.29, 0.717) is 5.69 Å². The van der Waals surface area contributed by atoms with Crippen molar-refractivity contribution in [2.45, 2.75) is 13.5 Å². The first-order valence-electron chi connectivity index (χ1n) is 6.16. The van der Waals surface area contributed by atoms with Gasteiger partial charge in [0.15, 0.2) is 5.82 Å². The van der Waals surface area contributed by atoms with Crippen LogP contribution in [0.2, 0.25) is 0 Å². The van der Waals surface area contributed by atoms with Gasteiger partial charge < -0.3 is 15.4 Å². The summed E-state index contributed by atoms with van der Waals surface area (Å²) >= 11 is 0. The minimum Gasteiger partial charge on any atom is -0.497 e. The second-order valence-electron chi connectivity index (χ2n) is 4.63. The summed E-state index contributed by atoms with van der Waals surface area (Å²) in [6.45, 7) is 2.74. The van der Waals surface area contributed by atoms with E-state index in [-0.39, 0.29) is 0 Å². The molecule has 1 heterocycles. The lowest BCUT2D eigenvalue weighted by Gasteiger charge is -2.20. The second kappa shape index (κ2) is 5.61. The predicted octanol–water partition coefficient (Wildman–Crippen LogP) is 2.62. The highest BCUT2D eigenvalue weighted by Gasteiger charge is 2.07. The molecule has 19 heavy (non-hydrogen) atoms. The molecule has 4 heteroatoms. The molecular weight excluding hydrogens is 238 g/mol. The Morgan fingerprint density at radius 1 is 1.26 bits per heavy atom. The molecule has 1 aromatic carbocycles. The van der Waals surface area contributed by atoms with E-state index in [1.165, 1.54) is 5.56 Å². The lowest BCUT2D eigenvalue weighted by Crippen LogP contribution is -2.19. The number of pyridine rings is 1. The summed E-state index contributed by atoms with van der Waals surface area (Å²) in [6.07, 6.45) is 1.83. The molecule has 0 fully saturated rings. The molecular formula is C15H19N3O. The number of aromatic nitrogens is 1. The van der Waals surface area contributed by atoms with Gasteiger partial charge in [-0.25, -0.2) is 4.98 Å². The van der Waals surface area contributed by atoms with Crippen molar-refractivity contribution in [3.63, 3.8) is 0 Å². The lowest BCUT2D eigenvalue weighted by molar-refractivity contribution is 0.414. The van der Waals surface area contributed by atoms with Gasteiger partial charge >= 0.3 is 0 Å². The zero-order chi connectivity index (χ0) is 13.8. The number of aryl methyl sites for hydroxylation is 1. The molecule has 0 saturated carbocycles. The fourth-order valence-corrected chi connectivity index (χ4v) is 1.98. The van der Waals surface area contributed by atoms with Gasteiger partial charge in [0.1, 0.15) is 5.75 Å². The zero-order valence-corrected chi connectivity index (χ0v) is 11.6. The van der Waals surface area contributed by atoms with Gasteiger partial charge in [-0.1, -0.05) is 12.1 Å². The maximum Gasteiger partial charge on any atom is 0.151 e. The largest absolute Gasteiger partial charge is 0.497 e. The van der Waals surface area contributed by atoms with Crippen LogP contribution in [0.1, 0.15) is 11.1 Å². The zero-order valence-electron chi connectivity index (χ0n) is 11.6. The van der Waals surface area contributed by atoms with E-state index in [0.717, 1.165) is 23.7 Å². The highest BCUT2D eigenvalue weighted by molar-refractivity contribution is 5.63. The molecule has 2 aromatic rings. The third-order valence-electron chi connectivity index (χ3n) is 2.97. The first-order chi connectivity index (χ1) is 9.10. The number of nitrogens with zero attached hydrogens (tertiary/aromatic N) is 2. The third kappa shape index (κ3) is 3.16. The number of benzene rings is 1. The van der Waals surface area contributed by atoms with Gasteiger partial charge in [0.05, 0.1) is 12.8 Å². The summed E-state index contributed by atoms with van der Waals surface area (Å²) in [5.74, 6) is 1.67. The Morgan fingerprint density at radius 3 is 2.53 bits per heavy atom. The van der Waals surface area contributed by atoms with Crippen molar-refractivity contribution >= 4 is 11.5 Å². The van der Waals surface area contributed by atoms with Crippen molar-refractivity contribution in [2.24, 2.45) is 0 Å². The number of ether oxygens (including phenoxy) is 1. The Bertz CT molecular complexity index is 552. The summed E-state index contributed by atoms with van der Waals surface area (Å²) in [6, 6.07) is 9.93. The summed E-state index contributed by atoms with van der Waals surface area (Å²) < 4.78 is 5.15. The first-order valence-corrected chi connectivity index (χ1v) is 6.16. The van der Waals surface area contributed by atoms with Crippen molar-refractivity contribution < 1.29 is 4.74 Å². The molecule has 0 amide bonds. The van der Waals surface area contributed by atoms with E-state index in [1.807, 2.05) is 55.4 Å². The molecule has 0 aliphatic carbocycles. The summed E-state index contributed by atoms with van der Waals surface area (Å²) in [4.78, 5) is 6.42. The predicted molar refractivity (Wildman–Crippen MR) is 78.5 cm³/mol. The maximum absolute atomic E-state index is 6.00. The number of hydrogen-bond donors (Lipinski definition) is 1. The lowest BCUT2D eigenvalue weighted by atomic mass is 10.2. The molecule has 0 radical (unpaired) electrons. The van der Waals surface area contributed by atoms with Crippen molar-refractivity contribution in [2.75, 3.05) is 24.8 Å². The molecule has 0 aliphatic rings. The molecule has 0 unspecified atom stereocenters.